The van der Waals surface area contributed by atoms with Gasteiger partial charge in [0.15, 0.2) is 0 Å². The van der Waals surface area contributed by atoms with Crippen LogP contribution in [0, 0.1) is 5.92 Å². The Labute approximate surface area is 79.4 Å². The van der Waals surface area contributed by atoms with E-state index in [1.54, 1.807) is 0 Å². The van der Waals surface area contributed by atoms with Gasteiger partial charge in [0, 0.05) is 12.6 Å². The highest BCUT2D eigenvalue weighted by molar-refractivity contribution is 5.72. The third-order valence-electron chi connectivity index (χ3n) is 2.67. The maximum atomic E-state index is 11.2. The van der Waals surface area contributed by atoms with Crippen molar-refractivity contribution in [3.63, 3.8) is 0 Å². The standard InChI is InChI=1S/C10H17NO2/c1-4-8(2)11-6-5-9(7-11)10(12)13-3/h4,8-9H,1,5-7H2,2-3H3. The van der Waals surface area contributed by atoms with Crippen LogP contribution < -0.4 is 0 Å². The summed E-state index contributed by atoms with van der Waals surface area (Å²) in [4.78, 5) is 13.4. The maximum absolute atomic E-state index is 11.2. The average Bonchev–Trinajstić information content (AvgIpc) is 2.64. The fourth-order valence-electron chi connectivity index (χ4n) is 1.67. The van der Waals surface area contributed by atoms with Crippen LogP contribution in [0.25, 0.3) is 0 Å². The Morgan fingerprint density at radius 1 is 1.77 bits per heavy atom. The van der Waals surface area contributed by atoms with Gasteiger partial charge in [-0.15, -0.1) is 6.58 Å². The minimum absolute atomic E-state index is 0.0624. The lowest BCUT2D eigenvalue weighted by atomic mass is 10.1. The fraction of sp³-hybridized carbons (Fsp3) is 0.700. The highest BCUT2D eigenvalue weighted by Crippen LogP contribution is 2.19. The van der Waals surface area contributed by atoms with Crippen LogP contribution in [0.2, 0.25) is 0 Å². The summed E-state index contributed by atoms with van der Waals surface area (Å²) in [6.07, 6.45) is 2.81. The van der Waals surface area contributed by atoms with Crippen molar-refractivity contribution in [3.8, 4) is 0 Å². The summed E-state index contributed by atoms with van der Waals surface area (Å²) in [7, 11) is 1.45. The van der Waals surface area contributed by atoms with Crippen LogP contribution in [0.3, 0.4) is 0 Å². The minimum Gasteiger partial charge on any atom is -0.469 e. The van der Waals surface area contributed by atoms with Crippen molar-refractivity contribution in [1.29, 1.82) is 0 Å². The quantitative estimate of drug-likeness (QED) is 0.484. The van der Waals surface area contributed by atoms with Crippen LogP contribution in [0.1, 0.15) is 13.3 Å². The molecule has 2 atom stereocenters. The SMILES string of the molecule is C=CC(C)N1CCC(C(=O)OC)C1. The summed E-state index contributed by atoms with van der Waals surface area (Å²) >= 11 is 0. The Bertz CT molecular complexity index is 203. The summed E-state index contributed by atoms with van der Waals surface area (Å²) in [5, 5.41) is 0. The summed E-state index contributed by atoms with van der Waals surface area (Å²) in [6, 6.07) is 0.356. The third-order valence-corrected chi connectivity index (χ3v) is 2.67. The first-order chi connectivity index (χ1) is 6.19. The van der Waals surface area contributed by atoms with Gasteiger partial charge in [0.1, 0.15) is 0 Å². The molecule has 0 amide bonds. The number of hydrogen-bond donors (Lipinski definition) is 0. The van der Waals surface area contributed by atoms with Crippen LogP contribution in [-0.2, 0) is 9.53 Å². The van der Waals surface area contributed by atoms with Crippen LogP contribution in [0.5, 0.6) is 0 Å². The van der Waals surface area contributed by atoms with E-state index < -0.39 is 0 Å². The molecule has 74 valence electrons. The predicted octanol–water partition coefficient (Wildman–Crippen LogP) is 1.06. The minimum atomic E-state index is -0.0845. The van der Waals surface area contributed by atoms with Crippen LogP contribution >= 0.6 is 0 Å². The Morgan fingerprint density at radius 3 is 3.00 bits per heavy atom. The molecule has 0 aromatic carbocycles. The molecule has 1 heterocycles. The van der Waals surface area contributed by atoms with Gasteiger partial charge in [-0.3, -0.25) is 9.69 Å². The molecule has 0 saturated carbocycles. The number of carbonyl (C=O) groups excluding carboxylic acids is 1. The summed E-state index contributed by atoms with van der Waals surface area (Å²) in [5.41, 5.74) is 0. The lowest BCUT2D eigenvalue weighted by Gasteiger charge is -2.20. The number of methoxy groups -OCH3 is 1. The zero-order valence-electron chi connectivity index (χ0n) is 8.32. The van der Waals surface area contributed by atoms with Gasteiger partial charge in [-0.25, -0.2) is 0 Å². The molecule has 0 N–H and O–H groups in total. The van der Waals surface area contributed by atoms with E-state index >= 15 is 0 Å². The smallest absolute Gasteiger partial charge is 0.310 e. The second kappa shape index (κ2) is 4.42. The molecule has 0 aromatic heterocycles. The van der Waals surface area contributed by atoms with Crippen molar-refractivity contribution < 1.29 is 9.53 Å². The van der Waals surface area contributed by atoms with Crippen molar-refractivity contribution in [1.82, 2.24) is 4.90 Å². The van der Waals surface area contributed by atoms with E-state index in [0.29, 0.717) is 6.04 Å². The monoisotopic (exact) mass is 183 g/mol. The van der Waals surface area contributed by atoms with Crippen molar-refractivity contribution in [3.05, 3.63) is 12.7 Å². The van der Waals surface area contributed by atoms with E-state index in [0.717, 1.165) is 19.5 Å². The van der Waals surface area contributed by atoms with Crippen molar-refractivity contribution in [2.45, 2.75) is 19.4 Å². The van der Waals surface area contributed by atoms with Gasteiger partial charge >= 0.3 is 5.97 Å². The number of hydrogen-bond acceptors (Lipinski definition) is 3. The number of esters is 1. The Hall–Kier alpha value is -0.830. The molecule has 0 aliphatic carbocycles. The molecule has 3 heteroatoms. The van der Waals surface area contributed by atoms with Gasteiger partial charge < -0.3 is 4.74 Å². The lowest BCUT2D eigenvalue weighted by molar-refractivity contribution is -0.144. The molecule has 0 aromatic rings. The van der Waals surface area contributed by atoms with Gasteiger partial charge in [0.2, 0.25) is 0 Å². The molecule has 2 unspecified atom stereocenters. The van der Waals surface area contributed by atoms with E-state index in [4.69, 9.17) is 4.74 Å². The molecular weight excluding hydrogens is 166 g/mol. The number of rotatable bonds is 3. The Kier molecular flexibility index (Phi) is 3.48. The molecule has 1 aliphatic heterocycles. The lowest BCUT2D eigenvalue weighted by Crippen LogP contribution is -2.30. The Balaban J connectivity index is 2.44. The second-order valence-electron chi connectivity index (χ2n) is 3.48. The van der Waals surface area contributed by atoms with Gasteiger partial charge in [-0.2, -0.15) is 0 Å². The van der Waals surface area contributed by atoms with Gasteiger partial charge in [-0.1, -0.05) is 6.08 Å². The molecule has 1 saturated heterocycles. The zero-order valence-corrected chi connectivity index (χ0v) is 8.32. The van der Waals surface area contributed by atoms with Crippen LogP contribution in [0.15, 0.2) is 12.7 Å². The van der Waals surface area contributed by atoms with Gasteiger partial charge in [-0.05, 0) is 19.9 Å². The van der Waals surface area contributed by atoms with Crippen molar-refractivity contribution in [2.75, 3.05) is 20.2 Å². The highest BCUT2D eigenvalue weighted by atomic mass is 16.5. The second-order valence-corrected chi connectivity index (χ2v) is 3.48. The van der Waals surface area contributed by atoms with Crippen LogP contribution in [0.4, 0.5) is 0 Å². The average molecular weight is 183 g/mol. The topological polar surface area (TPSA) is 29.5 Å². The molecular formula is C10H17NO2. The molecule has 0 bridgehead atoms. The van der Waals surface area contributed by atoms with Crippen molar-refractivity contribution in [2.24, 2.45) is 5.92 Å². The first-order valence-corrected chi connectivity index (χ1v) is 4.63. The number of nitrogens with zero attached hydrogens (tertiary/aromatic N) is 1. The molecule has 1 aliphatic rings. The van der Waals surface area contributed by atoms with E-state index in [1.165, 1.54) is 7.11 Å². The number of carbonyl (C=O) groups is 1. The van der Waals surface area contributed by atoms with E-state index in [-0.39, 0.29) is 11.9 Å². The van der Waals surface area contributed by atoms with E-state index in [2.05, 4.69) is 18.4 Å². The van der Waals surface area contributed by atoms with Crippen molar-refractivity contribution >= 4 is 5.97 Å². The largest absolute Gasteiger partial charge is 0.469 e. The predicted molar refractivity (Wildman–Crippen MR) is 51.4 cm³/mol. The van der Waals surface area contributed by atoms with Crippen LogP contribution in [-0.4, -0.2) is 37.1 Å². The van der Waals surface area contributed by atoms with E-state index in [1.807, 2.05) is 6.08 Å². The molecule has 3 nitrogen and oxygen atoms in total. The first kappa shape index (κ1) is 10.3. The highest BCUT2D eigenvalue weighted by Gasteiger charge is 2.30. The molecule has 0 radical (unpaired) electrons. The fourth-order valence-corrected chi connectivity index (χ4v) is 1.67. The molecule has 0 spiro atoms. The first-order valence-electron chi connectivity index (χ1n) is 4.63. The summed E-state index contributed by atoms with van der Waals surface area (Å²) < 4.78 is 4.70. The Morgan fingerprint density at radius 2 is 2.46 bits per heavy atom. The number of likely N-dealkylation sites (tertiary alicyclic amines) is 1. The summed E-state index contributed by atoms with van der Waals surface area (Å²) in [6.45, 7) is 7.60. The zero-order chi connectivity index (χ0) is 9.84. The number of ether oxygens (including phenoxy) is 1. The third kappa shape index (κ3) is 2.31. The van der Waals surface area contributed by atoms with Gasteiger partial charge in [0.25, 0.3) is 0 Å². The maximum Gasteiger partial charge on any atom is 0.310 e. The normalized spacial score (nSPS) is 25.5. The molecule has 13 heavy (non-hydrogen) atoms. The van der Waals surface area contributed by atoms with E-state index in [9.17, 15) is 4.79 Å². The molecule has 1 fully saturated rings. The summed E-state index contributed by atoms with van der Waals surface area (Å²) in [5.74, 6) is -0.0221. The molecule has 1 rings (SSSR count). The van der Waals surface area contributed by atoms with Gasteiger partial charge in [0.05, 0.1) is 13.0 Å².